The zero-order valence-electron chi connectivity index (χ0n) is 16.7. The fraction of sp³-hybridized carbons (Fsp3) is 0.381. The Labute approximate surface area is 181 Å². The SMILES string of the molecule is COc1ccc(CN2CC(=O)N(c3ccc(OC)c(Cl)c3)[C@@H]3CS(=O)(=O)C[C@@H]32)cc1. The molecular weight excluding hydrogens is 428 g/mol. The van der Waals surface area contributed by atoms with Crippen LogP contribution in [-0.2, 0) is 21.2 Å². The van der Waals surface area contributed by atoms with Crippen molar-refractivity contribution in [3.05, 3.63) is 53.1 Å². The van der Waals surface area contributed by atoms with Gasteiger partial charge in [-0.15, -0.1) is 0 Å². The molecule has 0 spiro atoms. The van der Waals surface area contributed by atoms with E-state index in [-0.39, 0.29) is 30.0 Å². The molecule has 0 aromatic heterocycles. The molecule has 160 valence electrons. The van der Waals surface area contributed by atoms with Crippen LogP contribution in [-0.4, -0.2) is 63.6 Å². The van der Waals surface area contributed by atoms with Gasteiger partial charge in [0.15, 0.2) is 9.84 Å². The van der Waals surface area contributed by atoms with Crippen LogP contribution >= 0.6 is 11.6 Å². The molecule has 2 heterocycles. The summed E-state index contributed by atoms with van der Waals surface area (Å²) in [5, 5.41) is 0.376. The molecule has 0 unspecified atom stereocenters. The highest BCUT2D eigenvalue weighted by Crippen LogP contribution is 2.36. The molecule has 2 aliphatic rings. The van der Waals surface area contributed by atoms with E-state index in [1.807, 2.05) is 29.2 Å². The molecule has 0 saturated carbocycles. The van der Waals surface area contributed by atoms with E-state index in [2.05, 4.69) is 0 Å². The Kier molecular flexibility index (Phi) is 5.65. The predicted octanol–water partition coefficient (Wildman–Crippen LogP) is 2.37. The Hall–Kier alpha value is -2.29. The van der Waals surface area contributed by atoms with Gasteiger partial charge in [-0.1, -0.05) is 23.7 Å². The van der Waals surface area contributed by atoms with Crippen molar-refractivity contribution in [2.75, 3.05) is 37.2 Å². The number of methoxy groups -OCH3 is 2. The van der Waals surface area contributed by atoms with Gasteiger partial charge in [0.1, 0.15) is 11.5 Å². The fourth-order valence-corrected chi connectivity index (χ4v) is 6.47. The largest absolute Gasteiger partial charge is 0.497 e. The monoisotopic (exact) mass is 450 g/mol. The summed E-state index contributed by atoms with van der Waals surface area (Å²) < 4.78 is 35.4. The van der Waals surface area contributed by atoms with Gasteiger partial charge in [-0.3, -0.25) is 9.69 Å². The minimum atomic E-state index is -3.27. The summed E-state index contributed by atoms with van der Waals surface area (Å²) in [5.74, 6) is 1.07. The van der Waals surface area contributed by atoms with Crippen molar-refractivity contribution in [3.63, 3.8) is 0 Å². The fourth-order valence-electron chi connectivity index (χ4n) is 4.24. The molecule has 2 saturated heterocycles. The van der Waals surface area contributed by atoms with Gasteiger partial charge in [-0.05, 0) is 35.9 Å². The number of piperazine rings is 1. The minimum absolute atomic E-state index is 0.0293. The molecule has 0 N–H and O–H groups in total. The van der Waals surface area contributed by atoms with Gasteiger partial charge in [-0.2, -0.15) is 0 Å². The summed E-state index contributed by atoms with van der Waals surface area (Å²) in [4.78, 5) is 16.7. The maximum atomic E-state index is 13.1. The number of fused-ring (bicyclic) bond motifs is 1. The summed E-state index contributed by atoms with van der Waals surface area (Å²) >= 11 is 6.25. The van der Waals surface area contributed by atoms with Gasteiger partial charge < -0.3 is 14.4 Å². The Morgan fingerprint density at radius 1 is 1.03 bits per heavy atom. The number of carbonyl (C=O) groups excluding carboxylic acids is 1. The Morgan fingerprint density at radius 3 is 2.37 bits per heavy atom. The summed E-state index contributed by atoms with van der Waals surface area (Å²) in [7, 11) is -0.144. The van der Waals surface area contributed by atoms with E-state index in [9.17, 15) is 13.2 Å². The number of halogens is 1. The van der Waals surface area contributed by atoms with E-state index >= 15 is 0 Å². The van der Waals surface area contributed by atoms with Crippen LogP contribution in [0.1, 0.15) is 5.56 Å². The van der Waals surface area contributed by atoms with E-state index in [1.165, 1.54) is 7.11 Å². The van der Waals surface area contributed by atoms with Gasteiger partial charge in [0, 0.05) is 18.3 Å². The highest BCUT2D eigenvalue weighted by Gasteiger charge is 2.49. The summed E-state index contributed by atoms with van der Waals surface area (Å²) in [6.45, 7) is 0.621. The second-order valence-electron chi connectivity index (χ2n) is 7.55. The Balaban J connectivity index is 1.64. The number of hydrogen-bond acceptors (Lipinski definition) is 6. The van der Waals surface area contributed by atoms with Crippen molar-refractivity contribution in [3.8, 4) is 11.5 Å². The molecule has 2 aromatic carbocycles. The first-order chi connectivity index (χ1) is 14.3. The molecule has 0 aliphatic carbocycles. The van der Waals surface area contributed by atoms with E-state index in [0.717, 1.165) is 11.3 Å². The van der Waals surface area contributed by atoms with Gasteiger partial charge in [0.2, 0.25) is 5.91 Å². The molecule has 30 heavy (non-hydrogen) atoms. The topological polar surface area (TPSA) is 76.2 Å². The first kappa shape index (κ1) is 21.0. The molecule has 2 fully saturated rings. The van der Waals surface area contributed by atoms with Crippen LogP contribution in [0.2, 0.25) is 5.02 Å². The number of sulfone groups is 1. The van der Waals surface area contributed by atoms with Gasteiger partial charge in [-0.25, -0.2) is 8.42 Å². The van der Waals surface area contributed by atoms with E-state index in [1.54, 1.807) is 30.2 Å². The Bertz CT molecular complexity index is 1060. The Morgan fingerprint density at radius 2 is 1.73 bits per heavy atom. The maximum Gasteiger partial charge on any atom is 0.241 e. The number of rotatable bonds is 5. The van der Waals surface area contributed by atoms with Crippen molar-refractivity contribution in [1.82, 2.24) is 4.90 Å². The van der Waals surface area contributed by atoms with Crippen molar-refractivity contribution in [2.45, 2.75) is 18.6 Å². The zero-order chi connectivity index (χ0) is 21.5. The number of amides is 1. The van der Waals surface area contributed by atoms with Crippen LogP contribution in [0.15, 0.2) is 42.5 Å². The maximum absolute atomic E-state index is 13.1. The minimum Gasteiger partial charge on any atom is -0.497 e. The summed E-state index contributed by atoms with van der Waals surface area (Å²) in [5.41, 5.74) is 1.58. The second-order valence-corrected chi connectivity index (χ2v) is 10.1. The molecule has 1 amide bonds. The molecule has 4 rings (SSSR count). The first-order valence-corrected chi connectivity index (χ1v) is 11.7. The van der Waals surface area contributed by atoms with Crippen LogP contribution in [0, 0.1) is 0 Å². The third-order valence-electron chi connectivity index (χ3n) is 5.66. The normalized spacial score (nSPS) is 23.3. The summed E-state index contributed by atoms with van der Waals surface area (Å²) in [6.07, 6.45) is 0. The quantitative estimate of drug-likeness (QED) is 0.696. The zero-order valence-corrected chi connectivity index (χ0v) is 18.3. The van der Waals surface area contributed by atoms with Crippen molar-refractivity contribution >= 4 is 33.0 Å². The molecule has 2 atom stereocenters. The van der Waals surface area contributed by atoms with Crippen molar-refractivity contribution in [2.24, 2.45) is 0 Å². The lowest BCUT2D eigenvalue weighted by molar-refractivity contribution is -0.123. The van der Waals surface area contributed by atoms with Crippen molar-refractivity contribution in [1.29, 1.82) is 0 Å². The standard InChI is InChI=1S/C21H23ClN2O5S/c1-28-16-6-3-14(4-7-16)10-23-11-21(25)24(19-13-30(26,27)12-18(19)23)15-5-8-20(29-2)17(22)9-15/h3-9,18-19H,10-13H2,1-2H3/t18-,19+/m0/s1. The molecular formula is C21H23ClN2O5S. The van der Waals surface area contributed by atoms with Crippen LogP contribution < -0.4 is 14.4 Å². The van der Waals surface area contributed by atoms with Gasteiger partial charge >= 0.3 is 0 Å². The number of benzene rings is 2. The van der Waals surface area contributed by atoms with Crippen LogP contribution in [0.4, 0.5) is 5.69 Å². The molecule has 9 heteroatoms. The molecule has 7 nitrogen and oxygen atoms in total. The third-order valence-corrected chi connectivity index (χ3v) is 7.65. The highest BCUT2D eigenvalue weighted by molar-refractivity contribution is 7.91. The number of carbonyl (C=O) groups is 1. The molecule has 0 radical (unpaired) electrons. The number of hydrogen-bond donors (Lipinski definition) is 0. The average molecular weight is 451 g/mol. The lowest BCUT2D eigenvalue weighted by atomic mass is 10.0. The molecule has 0 bridgehead atoms. The third kappa shape index (κ3) is 3.99. The number of anilines is 1. The average Bonchev–Trinajstić information content (AvgIpc) is 3.03. The van der Waals surface area contributed by atoms with Crippen molar-refractivity contribution < 1.29 is 22.7 Å². The lowest BCUT2D eigenvalue weighted by Gasteiger charge is -2.43. The van der Waals surface area contributed by atoms with Crippen LogP contribution in [0.5, 0.6) is 11.5 Å². The highest BCUT2D eigenvalue weighted by atomic mass is 35.5. The number of ether oxygens (including phenoxy) is 2. The molecule has 2 aromatic rings. The van der Waals surface area contributed by atoms with E-state index < -0.39 is 15.9 Å². The summed E-state index contributed by atoms with van der Waals surface area (Å²) in [6, 6.07) is 11.9. The smallest absolute Gasteiger partial charge is 0.241 e. The van der Waals surface area contributed by atoms with Gasteiger partial charge in [0.05, 0.1) is 43.3 Å². The van der Waals surface area contributed by atoms with E-state index in [4.69, 9.17) is 21.1 Å². The lowest BCUT2D eigenvalue weighted by Crippen LogP contribution is -2.61. The van der Waals surface area contributed by atoms with E-state index in [0.29, 0.717) is 23.0 Å². The number of nitrogens with zero attached hydrogens (tertiary/aromatic N) is 2. The van der Waals surface area contributed by atoms with Gasteiger partial charge in [0.25, 0.3) is 0 Å². The van der Waals surface area contributed by atoms with Crippen LogP contribution in [0.25, 0.3) is 0 Å². The van der Waals surface area contributed by atoms with Crippen LogP contribution in [0.3, 0.4) is 0 Å². The predicted molar refractivity (Wildman–Crippen MR) is 115 cm³/mol. The second kappa shape index (κ2) is 8.09. The molecule has 2 aliphatic heterocycles. The first-order valence-electron chi connectivity index (χ1n) is 9.54.